The number of rotatable bonds is 0. The Kier molecular flexibility index (Phi) is 14.6. The predicted octanol–water partition coefficient (Wildman–Crippen LogP) is 1.05. The molecule has 1 aliphatic heterocycles. The normalized spacial score (nSPS) is 29.3. The van der Waals surface area contributed by atoms with Gasteiger partial charge in [-0.15, -0.1) is 0 Å². The van der Waals surface area contributed by atoms with Crippen LogP contribution in [0.3, 0.4) is 0 Å². The molecule has 0 radical (unpaired) electrons. The van der Waals surface area contributed by atoms with Gasteiger partial charge in [-0.3, -0.25) is 0 Å². The van der Waals surface area contributed by atoms with Crippen molar-refractivity contribution in [2.75, 3.05) is 0 Å². The Morgan fingerprint density at radius 1 is 0.222 bits per heavy atom. The summed E-state index contributed by atoms with van der Waals surface area (Å²) in [5.74, 6) is 0. The van der Waals surface area contributed by atoms with Gasteiger partial charge in [-0.25, -0.2) is 0 Å². The summed E-state index contributed by atoms with van der Waals surface area (Å²) >= 11 is 3.39. The van der Waals surface area contributed by atoms with Crippen LogP contribution in [0, 0.1) is 0 Å². The van der Waals surface area contributed by atoms with Crippen molar-refractivity contribution in [1.29, 1.82) is 0 Å². The van der Waals surface area contributed by atoms with Gasteiger partial charge in [-0.2, -0.15) is 0 Å². The average Bonchev–Trinajstić information content (AvgIpc) is 2.39. The zero-order valence-electron chi connectivity index (χ0n) is 9.38. The first-order chi connectivity index (χ1) is 9.00. The van der Waals surface area contributed by atoms with E-state index in [1.54, 1.807) is 0 Å². The second-order valence-corrected chi connectivity index (χ2v) is 12.7. The minimum absolute atomic E-state index is 0.565. The molecule has 96 valence electrons. The fourth-order valence-electron chi connectivity index (χ4n) is 0.657. The van der Waals surface area contributed by atoms with Crippen molar-refractivity contribution >= 4 is 89.7 Å². The summed E-state index contributed by atoms with van der Waals surface area (Å²) < 4.78 is 0. The van der Waals surface area contributed by atoms with E-state index >= 15 is 0 Å². The van der Waals surface area contributed by atoms with E-state index in [4.69, 9.17) is 0 Å². The predicted molar refractivity (Wildman–Crippen MR) is 89.4 cm³/mol. The molecule has 0 atom stereocenters. The van der Waals surface area contributed by atoms with Crippen molar-refractivity contribution in [2.24, 2.45) is 0 Å². The third-order valence-corrected chi connectivity index (χ3v) is 13.9. The Morgan fingerprint density at radius 3 is 0.444 bits per heavy atom. The standard InChI is InChI=1S/C12H12Se6/c1-2-14-5-6-16-9-10-18-12-11-17-8-7-15-4-3-13-1/h1-12H/b2-1-,4-3-,6-5-,8-7-,10-9-,12-11-. The summed E-state index contributed by atoms with van der Waals surface area (Å²) in [4.78, 5) is 28.1. The first-order valence-corrected chi connectivity index (χ1v) is 16.7. The zero-order chi connectivity index (χ0) is 12.7. The Hall–Kier alpha value is 1.56. The third-order valence-electron chi connectivity index (χ3n) is 1.28. The maximum absolute atomic E-state index is 2.34. The molecule has 0 saturated carbocycles. The molecule has 6 heteroatoms. The molecule has 0 aromatic rings. The van der Waals surface area contributed by atoms with Gasteiger partial charge < -0.3 is 0 Å². The van der Waals surface area contributed by atoms with Gasteiger partial charge >= 0.3 is 149 Å². The molecule has 0 bridgehead atoms. The van der Waals surface area contributed by atoms with Crippen molar-refractivity contribution < 1.29 is 0 Å². The van der Waals surface area contributed by atoms with E-state index in [0.717, 1.165) is 0 Å². The zero-order valence-corrected chi connectivity index (χ0v) is 19.7. The first kappa shape index (κ1) is 17.6. The van der Waals surface area contributed by atoms with Gasteiger partial charge in [-0.1, -0.05) is 0 Å². The SMILES string of the molecule is C1=C\[Se]/C=C\[Se]/C=C\[Se]/C=C\[Se]/C=C\[Se]/C=C\[Se]/1. The quantitative estimate of drug-likeness (QED) is 0.352. The van der Waals surface area contributed by atoms with Gasteiger partial charge in [0.05, 0.1) is 0 Å². The fourth-order valence-corrected chi connectivity index (χ4v) is 11.8. The van der Waals surface area contributed by atoms with Crippen LogP contribution in [0.2, 0.25) is 0 Å². The van der Waals surface area contributed by atoms with Crippen molar-refractivity contribution in [1.82, 2.24) is 0 Å². The van der Waals surface area contributed by atoms with E-state index in [2.05, 4.69) is 59.7 Å². The Morgan fingerprint density at radius 2 is 0.333 bits per heavy atom. The molecule has 0 unspecified atom stereocenters. The minimum atomic E-state index is 0.565. The Labute approximate surface area is 147 Å². The van der Waals surface area contributed by atoms with Gasteiger partial charge in [0.2, 0.25) is 0 Å². The van der Waals surface area contributed by atoms with E-state index in [1.807, 2.05) is 0 Å². The van der Waals surface area contributed by atoms with Crippen LogP contribution in [-0.2, 0) is 0 Å². The van der Waals surface area contributed by atoms with E-state index in [-0.39, 0.29) is 0 Å². The molecule has 0 aliphatic carbocycles. The Balaban J connectivity index is 2.40. The van der Waals surface area contributed by atoms with Crippen molar-refractivity contribution in [3.63, 3.8) is 0 Å². The molecule has 1 aliphatic rings. The summed E-state index contributed by atoms with van der Waals surface area (Å²) in [7, 11) is 0. The van der Waals surface area contributed by atoms with Crippen LogP contribution in [-0.4, -0.2) is 89.7 Å². The van der Waals surface area contributed by atoms with E-state index < -0.39 is 0 Å². The number of hydrogen-bond donors (Lipinski definition) is 0. The van der Waals surface area contributed by atoms with Crippen LogP contribution < -0.4 is 0 Å². The molecule has 0 spiro atoms. The molecule has 0 aromatic carbocycles. The van der Waals surface area contributed by atoms with Crippen molar-refractivity contribution in [3.8, 4) is 0 Å². The third kappa shape index (κ3) is 12.6. The molecule has 1 rings (SSSR count). The van der Waals surface area contributed by atoms with Crippen LogP contribution in [0.5, 0.6) is 0 Å². The second-order valence-electron chi connectivity index (χ2n) is 2.45. The van der Waals surface area contributed by atoms with Gasteiger partial charge in [0.1, 0.15) is 0 Å². The van der Waals surface area contributed by atoms with Gasteiger partial charge in [0.15, 0.2) is 0 Å². The molecule has 0 fully saturated rings. The van der Waals surface area contributed by atoms with Crippen LogP contribution >= 0.6 is 0 Å². The van der Waals surface area contributed by atoms with E-state index in [1.165, 1.54) is 0 Å². The Bertz CT molecular complexity index is 248. The first-order valence-electron chi connectivity index (χ1n) is 4.83. The van der Waals surface area contributed by atoms with E-state index in [9.17, 15) is 0 Å². The fraction of sp³-hybridized carbons (Fsp3) is 0. The van der Waals surface area contributed by atoms with Crippen molar-refractivity contribution in [3.05, 3.63) is 59.7 Å². The summed E-state index contributed by atoms with van der Waals surface area (Å²) in [6, 6.07) is 0. The van der Waals surface area contributed by atoms with Crippen molar-refractivity contribution in [2.45, 2.75) is 0 Å². The van der Waals surface area contributed by atoms with Crippen LogP contribution in [0.25, 0.3) is 0 Å². The monoisotopic (exact) mass is 636 g/mol. The molecular weight excluding hydrogens is 618 g/mol. The average molecular weight is 630 g/mol. The second kappa shape index (κ2) is 15.0. The molecule has 18 heavy (non-hydrogen) atoms. The summed E-state index contributed by atoms with van der Waals surface area (Å²) in [6.07, 6.45) is 0. The van der Waals surface area contributed by atoms with Gasteiger partial charge in [-0.05, 0) is 0 Å². The van der Waals surface area contributed by atoms with Crippen LogP contribution in [0.1, 0.15) is 0 Å². The molecule has 0 aromatic heterocycles. The topological polar surface area (TPSA) is 0 Å². The molecule has 0 saturated heterocycles. The molecule has 1 heterocycles. The summed E-state index contributed by atoms with van der Waals surface area (Å²) in [6.45, 7) is 0. The van der Waals surface area contributed by atoms with E-state index in [0.29, 0.717) is 89.7 Å². The van der Waals surface area contributed by atoms with Crippen LogP contribution in [0.15, 0.2) is 59.7 Å². The summed E-state index contributed by atoms with van der Waals surface area (Å²) in [5, 5.41) is 0. The van der Waals surface area contributed by atoms with Gasteiger partial charge in [0.25, 0.3) is 0 Å². The molecular formula is C12H12Se6. The maximum atomic E-state index is 2.34. The molecule has 0 N–H and O–H groups in total. The van der Waals surface area contributed by atoms with Gasteiger partial charge in [0, 0.05) is 0 Å². The number of hydrogen-bond acceptors (Lipinski definition) is 0. The molecule has 0 amide bonds. The van der Waals surface area contributed by atoms with Crippen LogP contribution in [0.4, 0.5) is 0 Å². The molecule has 0 nitrogen and oxygen atoms in total. The summed E-state index contributed by atoms with van der Waals surface area (Å²) in [5.41, 5.74) is 0.